The van der Waals surface area contributed by atoms with E-state index in [1.165, 1.54) is 10.8 Å². The number of rotatable bonds is 8. The van der Waals surface area contributed by atoms with Crippen molar-refractivity contribution in [2.24, 2.45) is 0 Å². The zero-order valence-corrected chi connectivity index (χ0v) is 18.4. The molecule has 5 nitrogen and oxygen atoms in total. The van der Waals surface area contributed by atoms with Crippen LogP contribution >= 0.6 is 22.6 Å². The number of amides is 1. The number of benzene rings is 3. The Morgan fingerprint density at radius 1 is 1.03 bits per heavy atom. The van der Waals surface area contributed by atoms with Gasteiger partial charge in [0.2, 0.25) is 0 Å². The predicted octanol–water partition coefficient (Wildman–Crippen LogP) is 4.74. The molecule has 0 spiro atoms. The lowest BCUT2D eigenvalue weighted by atomic mass is 10.0. The molecule has 1 amide bonds. The maximum absolute atomic E-state index is 12.7. The fourth-order valence-corrected chi connectivity index (χ4v) is 3.59. The van der Waals surface area contributed by atoms with Gasteiger partial charge >= 0.3 is 5.97 Å². The third kappa shape index (κ3) is 5.69. The lowest BCUT2D eigenvalue weighted by molar-refractivity contribution is -0.142. The van der Waals surface area contributed by atoms with Crippen LogP contribution in [0.1, 0.15) is 29.3 Å². The van der Waals surface area contributed by atoms with Crippen LogP contribution in [-0.4, -0.2) is 25.0 Å². The first kappa shape index (κ1) is 21.1. The van der Waals surface area contributed by atoms with Crippen molar-refractivity contribution in [1.29, 1.82) is 0 Å². The second kappa shape index (κ2) is 10.2. The molecule has 0 bridgehead atoms. The first-order valence-electron chi connectivity index (χ1n) is 9.52. The number of ether oxygens (including phenoxy) is 1. The monoisotopic (exact) mass is 502 g/mol. The Labute approximate surface area is 184 Å². The van der Waals surface area contributed by atoms with Crippen LogP contribution in [0.5, 0.6) is 0 Å². The Bertz CT molecular complexity index is 1010. The van der Waals surface area contributed by atoms with Gasteiger partial charge in [0.15, 0.2) is 0 Å². The molecule has 3 aromatic rings. The summed E-state index contributed by atoms with van der Waals surface area (Å²) in [5.74, 6) is -0.530. The Morgan fingerprint density at radius 3 is 2.66 bits per heavy atom. The summed E-state index contributed by atoms with van der Waals surface area (Å²) in [6.45, 7) is 2.94. The molecule has 0 saturated heterocycles. The van der Waals surface area contributed by atoms with Crippen molar-refractivity contribution in [2.45, 2.75) is 19.9 Å². The van der Waals surface area contributed by atoms with Crippen LogP contribution in [0.4, 0.5) is 5.69 Å². The number of carbonyl (C=O) groups is 2. The van der Waals surface area contributed by atoms with Gasteiger partial charge < -0.3 is 15.4 Å². The molecule has 0 aliphatic carbocycles. The molecule has 0 aliphatic rings. The van der Waals surface area contributed by atoms with Crippen LogP contribution in [0, 0.1) is 3.57 Å². The van der Waals surface area contributed by atoms with E-state index in [2.05, 4.69) is 57.5 Å². The minimum atomic E-state index is -0.315. The molecule has 2 N–H and O–H groups in total. The highest BCUT2D eigenvalue weighted by atomic mass is 127. The van der Waals surface area contributed by atoms with Crippen molar-refractivity contribution in [2.75, 3.05) is 18.5 Å². The Balaban J connectivity index is 1.71. The number of halogens is 1. The van der Waals surface area contributed by atoms with E-state index in [0.29, 0.717) is 18.7 Å². The van der Waals surface area contributed by atoms with Gasteiger partial charge in [0.05, 0.1) is 18.6 Å². The van der Waals surface area contributed by atoms with Crippen molar-refractivity contribution in [3.05, 3.63) is 75.4 Å². The minimum absolute atomic E-state index is 0.155. The van der Waals surface area contributed by atoms with E-state index in [9.17, 15) is 9.59 Å². The molecule has 0 fully saturated rings. The third-order valence-electron chi connectivity index (χ3n) is 4.50. The van der Waals surface area contributed by atoms with Gasteiger partial charge in [0.1, 0.15) is 0 Å². The quantitative estimate of drug-likeness (QED) is 0.345. The number of hydrogen-bond donors (Lipinski definition) is 2. The molecular formula is C23H23IN2O3. The first-order valence-corrected chi connectivity index (χ1v) is 10.6. The average Bonchev–Trinajstić information content (AvgIpc) is 2.73. The van der Waals surface area contributed by atoms with Gasteiger partial charge in [-0.1, -0.05) is 42.5 Å². The maximum Gasteiger partial charge on any atom is 0.307 e. The summed E-state index contributed by atoms with van der Waals surface area (Å²) in [7, 11) is 0. The van der Waals surface area contributed by atoms with Crippen molar-refractivity contribution in [3.8, 4) is 0 Å². The van der Waals surface area contributed by atoms with Crippen LogP contribution in [0.15, 0.2) is 60.7 Å². The molecule has 6 heteroatoms. The van der Waals surface area contributed by atoms with Gasteiger partial charge in [0, 0.05) is 22.3 Å². The summed E-state index contributed by atoms with van der Waals surface area (Å²) < 4.78 is 5.86. The highest BCUT2D eigenvalue weighted by Crippen LogP contribution is 2.23. The van der Waals surface area contributed by atoms with Gasteiger partial charge in [-0.25, -0.2) is 0 Å². The number of nitrogens with one attached hydrogen (secondary N) is 2. The van der Waals surface area contributed by atoms with E-state index in [4.69, 9.17) is 4.74 Å². The second-order valence-corrected chi connectivity index (χ2v) is 7.74. The van der Waals surface area contributed by atoms with Crippen molar-refractivity contribution >= 4 is 50.9 Å². The van der Waals surface area contributed by atoms with E-state index in [1.54, 1.807) is 6.92 Å². The lowest BCUT2D eigenvalue weighted by Crippen LogP contribution is -2.27. The van der Waals surface area contributed by atoms with E-state index < -0.39 is 0 Å². The minimum Gasteiger partial charge on any atom is -0.466 e. The summed E-state index contributed by atoms with van der Waals surface area (Å²) >= 11 is 2.18. The summed E-state index contributed by atoms with van der Waals surface area (Å²) in [4.78, 5) is 24.1. The van der Waals surface area contributed by atoms with Gasteiger partial charge in [-0.3, -0.25) is 9.59 Å². The van der Waals surface area contributed by atoms with Crippen LogP contribution in [0.25, 0.3) is 10.8 Å². The average molecular weight is 502 g/mol. The first-order chi connectivity index (χ1) is 14.1. The molecule has 0 saturated carbocycles. The normalized spacial score (nSPS) is 10.6. The number of fused-ring (bicyclic) bond motifs is 1. The molecule has 29 heavy (non-hydrogen) atoms. The predicted molar refractivity (Wildman–Crippen MR) is 124 cm³/mol. The molecule has 0 aromatic heterocycles. The van der Waals surface area contributed by atoms with Gasteiger partial charge in [-0.15, -0.1) is 0 Å². The van der Waals surface area contributed by atoms with Crippen LogP contribution in [0.2, 0.25) is 0 Å². The smallest absolute Gasteiger partial charge is 0.307 e. The van der Waals surface area contributed by atoms with Crippen LogP contribution in [0.3, 0.4) is 0 Å². The molecule has 3 aromatic carbocycles. The van der Waals surface area contributed by atoms with Crippen molar-refractivity contribution < 1.29 is 14.3 Å². The highest BCUT2D eigenvalue weighted by molar-refractivity contribution is 14.1. The molecular weight excluding hydrogens is 479 g/mol. The molecule has 3 rings (SSSR count). The SMILES string of the molecule is CCOC(=O)CCNC(=O)c1cc(I)ccc1NCc1cccc2ccccc12. The van der Waals surface area contributed by atoms with Gasteiger partial charge in [0.25, 0.3) is 5.91 Å². The maximum atomic E-state index is 12.7. The number of carbonyl (C=O) groups excluding carboxylic acids is 2. The Kier molecular flexibility index (Phi) is 7.46. The largest absolute Gasteiger partial charge is 0.466 e. The van der Waals surface area contributed by atoms with E-state index >= 15 is 0 Å². The molecule has 150 valence electrons. The number of hydrogen-bond acceptors (Lipinski definition) is 4. The molecule has 0 atom stereocenters. The summed E-state index contributed by atoms with van der Waals surface area (Å²) in [5.41, 5.74) is 2.48. The number of anilines is 1. The van der Waals surface area contributed by atoms with Crippen molar-refractivity contribution in [3.63, 3.8) is 0 Å². The Morgan fingerprint density at radius 2 is 1.83 bits per heavy atom. The summed E-state index contributed by atoms with van der Waals surface area (Å²) in [6, 6.07) is 20.2. The standard InChI is InChI=1S/C23H23IN2O3/c1-2-29-22(27)12-13-25-23(28)20-14-18(24)10-11-21(20)26-15-17-8-5-7-16-6-3-4-9-19(16)17/h3-11,14,26H,2,12-13,15H2,1H3,(H,25,28). The molecule has 0 aliphatic heterocycles. The number of esters is 1. The molecule has 0 heterocycles. The topological polar surface area (TPSA) is 67.4 Å². The van der Waals surface area contributed by atoms with E-state index in [0.717, 1.165) is 14.8 Å². The fraction of sp³-hybridized carbons (Fsp3) is 0.217. The van der Waals surface area contributed by atoms with E-state index in [1.807, 2.05) is 36.4 Å². The molecule has 0 radical (unpaired) electrons. The van der Waals surface area contributed by atoms with Crippen LogP contribution in [-0.2, 0) is 16.1 Å². The van der Waals surface area contributed by atoms with Gasteiger partial charge in [-0.2, -0.15) is 0 Å². The lowest BCUT2D eigenvalue weighted by Gasteiger charge is -2.14. The van der Waals surface area contributed by atoms with E-state index in [-0.39, 0.29) is 24.8 Å². The summed E-state index contributed by atoms with van der Waals surface area (Å²) in [6.07, 6.45) is 0.155. The zero-order valence-electron chi connectivity index (χ0n) is 16.2. The molecule has 0 unspecified atom stereocenters. The highest BCUT2D eigenvalue weighted by Gasteiger charge is 2.13. The zero-order chi connectivity index (χ0) is 20.6. The van der Waals surface area contributed by atoms with Crippen LogP contribution < -0.4 is 10.6 Å². The Hall–Kier alpha value is -2.61. The third-order valence-corrected chi connectivity index (χ3v) is 5.17. The van der Waals surface area contributed by atoms with Crippen molar-refractivity contribution in [1.82, 2.24) is 5.32 Å². The fourth-order valence-electron chi connectivity index (χ4n) is 3.10. The second-order valence-electron chi connectivity index (χ2n) is 6.49. The summed E-state index contributed by atoms with van der Waals surface area (Å²) in [5, 5.41) is 8.57. The van der Waals surface area contributed by atoms with Gasteiger partial charge in [-0.05, 0) is 64.0 Å².